The molecule has 2 unspecified atom stereocenters. The van der Waals surface area contributed by atoms with Gasteiger partial charge in [-0.3, -0.25) is 9.59 Å². The number of carbonyl (C=O) groups is 3. The van der Waals surface area contributed by atoms with Crippen molar-refractivity contribution in [2.45, 2.75) is 104 Å². The van der Waals surface area contributed by atoms with Crippen molar-refractivity contribution >= 4 is 29.7 Å². The summed E-state index contributed by atoms with van der Waals surface area (Å²) in [5.74, 6) is 0.197. The van der Waals surface area contributed by atoms with Gasteiger partial charge in [-0.15, -0.1) is 0 Å². The number of amides is 3. The second-order valence-electron chi connectivity index (χ2n) is 10.4. The highest BCUT2D eigenvalue weighted by Gasteiger charge is 2.36. The first kappa shape index (κ1) is 31.8. The van der Waals surface area contributed by atoms with E-state index in [4.69, 9.17) is 4.74 Å². The molecule has 0 aromatic heterocycles. The number of rotatable bonds is 15. The predicted octanol–water partition coefficient (Wildman–Crippen LogP) is 5.70. The van der Waals surface area contributed by atoms with Gasteiger partial charge >= 0.3 is 6.09 Å². The van der Waals surface area contributed by atoms with E-state index in [-0.39, 0.29) is 17.9 Å². The van der Waals surface area contributed by atoms with Gasteiger partial charge in [0, 0.05) is 12.6 Å². The fraction of sp³-hybridized carbons (Fsp3) is 0.679. The van der Waals surface area contributed by atoms with Gasteiger partial charge in [0.25, 0.3) is 0 Å². The number of nitrogens with zero attached hydrogens (tertiary/aromatic N) is 1. The van der Waals surface area contributed by atoms with E-state index in [1.807, 2.05) is 50.4 Å². The number of hydrogen-bond donors (Lipinski definition) is 2. The third kappa shape index (κ3) is 12.2. The van der Waals surface area contributed by atoms with Crippen molar-refractivity contribution in [1.82, 2.24) is 15.5 Å². The molecule has 8 heteroatoms. The van der Waals surface area contributed by atoms with E-state index in [9.17, 15) is 14.4 Å². The lowest BCUT2D eigenvalue weighted by Gasteiger charge is -2.35. The summed E-state index contributed by atoms with van der Waals surface area (Å²) in [7, 11) is 0. The lowest BCUT2D eigenvalue weighted by atomic mass is 10.0. The second kappa shape index (κ2) is 16.5. The maximum absolute atomic E-state index is 14.0. The molecule has 0 spiro atoms. The molecule has 2 N–H and O–H groups in total. The molecule has 0 aliphatic carbocycles. The van der Waals surface area contributed by atoms with E-state index in [1.165, 1.54) is 0 Å². The van der Waals surface area contributed by atoms with Gasteiger partial charge in [-0.05, 0) is 65.0 Å². The number of carbonyl (C=O) groups excluding carboxylic acids is 3. The third-order valence-electron chi connectivity index (χ3n) is 5.49. The van der Waals surface area contributed by atoms with Crippen LogP contribution in [0.4, 0.5) is 4.79 Å². The van der Waals surface area contributed by atoms with Gasteiger partial charge in [-0.25, -0.2) is 4.79 Å². The van der Waals surface area contributed by atoms with Crippen molar-refractivity contribution in [2.75, 3.05) is 18.6 Å². The topological polar surface area (TPSA) is 87.7 Å². The van der Waals surface area contributed by atoms with Gasteiger partial charge in [-0.2, -0.15) is 11.8 Å². The van der Waals surface area contributed by atoms with Crippen molar-refractivity contribution in [3.05, 3.63) is 35.9 Å². The summed E-state index contributed by atoms with van der Waals surface area (Å²) in [5.41, 5.74) is 0.0679. The Balaban J connectivity index is 3.34. The van der Waals surface area contributed by atoms with Gasteiger partial charge in [0.05, 0.1) is 0 Å². The molecule has 1 aromatic rings. The molecule has 0 aliphatic heterocycles. The Kier molecular flexibility index (Phi) is 14.6. The molecule has 7 nitrogen and oxygen atoms in total. The zero-order valence-electron chi connectivity index (χ0n) is 23.3. The van der Waals surface area contributed by atoms with E-state index in [1.54, 1.807) is 37.4 Å². The minimum Gasteiger partial charge on any atom is -0.444 e. The molecule has 0 saturated heterocycles. The Hall–Kier alpha value is -2.22. The van der Waals surface area contributed by atoms with Gasteiger partial charge in [0.2, 0.25) is 11.8 Å². The third-order valence-corrected chi connectivity index (χ3v) is 6.14. The summed E-state index contributed by atoms with van der Waals surface area (Å²) in [6.45, 7) is 11.8. The van der Waals surface area contributed by atoms with Gasteiger partial charge in [0.1, 0.15) is 17.7 Å². The molecule has 204 valence electrons. The Bertz CT molecular complexity index is 796. The van der Waals surface area contributed by atoms with Crippen molar-refractivity contribution < 1.29 is 19.1 Å². The Labute approximate surface area is 222 Å². The summed E-state index contributed by atoms with van der Waals surface area (Å²) in [5, 5.41) is 5.78. The molecule has 0 bridgehead atoms. The quantitative estimate of drug-likeness (QED) is 0.289. The van der Waals surface area contributed by atoms with Crippen LogP contribution in [-0.2, 0) is 14.3 Å². The molecule has 36 heavy (non-hydrogen) atoms. The SMILES string of the molecule is CCCCCCCN(C(=O)C(CCSC)NC(=O)OC(C)(C)C)C(C(=O)NC(C)C)c1ccccc1. The summed E-state index contributed by atoms with van der Waals surface area (Å²) >= 11 is 1.60. The van der Waals surface area contributed by atoms with E-state index in [2.05, 4.69) is 17.6 Å². The average molecular weight is 522 g/mol. The molecular formula is C28H47N3O4S. The van der Waals surface area contributed by atoms with Crippen LogP contribution >= 0.6 is 11.8 Å². The first-order valence-electron chi connectivity index (χ1n) is 13.1. The minimum absolute atomic E-state index is 0.0719. The zero-order chi connectivity index (χ0) is 27.1. The molecule has 0 fully saturated rings. The highest BCUT2D eigenvalue weighted by molar-refractivity contribution is 7.98. The van der Waals surface area contributed by atoms with Crippen LogP contribution in [0.3, 0.4) is 0 Å². The number of ether oxygens (including phenoxy) is 1. The van der Waals surface area contributed by atoms with Crippen LogP contribution in [0.2, 0.25) is 0 Å². The molecule has 1 aromatic carbocycles. The second-order valence-corrected chi connectivity index (χ2v) is 11.4. The Morgan fingerprint density at radius 3 is 2.19 bits per heavy atom. The molecule has 0 saturated carbocycles. The number of hydrogen-bond acceptors (Lipinski definition) is 5. The molecular weight excluding hydrogens is 474 g/mol. The summed E-state index contributed by atoms with van der Waals surface area (Å²) < 4.78 is 5.44. The van der Waals surface area contributed by atoms with Crippen LogP contribution in [0.15, 0.2) is 30.3 Å². The fourth-order valence-corrected chi connectivity index (χ4v) is 4.34. The monoisotopic (exact) mass is 521 g/mol. The minimum atomic E-state index is -0.791. The Morgan fingerprint density at radius 1 is 1.00 bits per heavy atom. The van der Waals surface area contributed by atoms with Crippen LogP contribution < -0.4 is 10.6 Å². The van der Waals surface area contributed by atoms with Crippen LogP contribution in [0.1, 0.15) is 91.7 Å². The lowest BCUT2D eigenvalue weighted by molar-refractivity contribution is -0.142. The maximum atomic E-state index is 14.0. The molecule has 0 aliphatic rings. The zero-order valence-corrected chi connectivity index (χ0v) is 24.1. The molecule has 0 heterocycles. The first-order chi connectivity index (χ1) is 17.0. The largest absolute Gasteiger partial charge is 0.444 e. The fourth-order valence-electron chi connectivity index (χ4n) is 3.87. The maximum Gasteiger partial charge on any atom is 0.408 e. The Morgan fingerprint density at radius 2 is 1.64 bits per heavy atom. The van der Waals surface area contributed by atoms with E-state index in [0.717, 1.165) is 37.7 Å². The molecule has 2 atom stereocenters. The predicted molar refractivity (Wildman–Crippen MR) is 149 cm³/mol. The molecule has 3 amide bonds. The highest BCUT2D eigenvalue weighted by Crippen LogP contribution is 2.24. The number of nitrogens with one attached hydrogen (secondary N) is 2. The van der Waals surface area contributed by atoms with E-state index >= 15 is 0 Å². The number of unbranched alkanes of at least 4 members (excludes halogenated alkanes) is 4. The van der Waals surface area contributed by atoms with E-state index in [0.29, 0.717) is 18.7 Å². The van der Waals surface area contributed by atoms with E-state index < -0.39 is 23.8 Å². The van der Waals surface area contributed by atoms with Crippen molar-refractivity contribution in [3.63, 3.8) is 0 Å². The standard InChI is InChI=1S/C28H47N3O4S/c1-8-9-10-11-15-19-31(24(25(32)29-21(2)3)22-16-13-12-14-17-22)26(33)23(18-20-36-7)30-27(34)35-28(4,5)6/h12-14,16-17,21,23-24H,8-11,15,18-20H2,1-7H3,(H,29,32)(H,30,34). The first-order valence-corrected chi connectivity index (χ1v) is 14.5. The van der Waals surface area contributed by atoms with Crippen molar-refractivity contribution in [3.8, 4) is 0 Å². The molecule has 1 rings (SSSR count). The summed E-state index contributed by atoms with van der Waals surface area (Å²) in [6.07, 6.45) is 6.88. The van der Waals surface area contributed by atoms with Crippen LogP contribution in [-0.4, -0.2) is 59.0 Å². The summed E-state index contributed by atoms with van der Waals surface area (Å²) in [4.78, 5) is 41.8. The highest BCUT2D eigenvalue weighted by atomic mass is 32.2. The average Bonchev–Trinajstić information content (AvgIpc) is 2.79. The van der Waals surface area contributed by atoms with Crippen LogP contribution in [0.25, 0.3) is 0 Å². The van der Waals surface area contributed by atoms with Gasteiger partial charge in [-0.1, -0.05) is 62.9 Å². The van der Waals surface area contributed by atoms with Gasteiger partial charge in [0.15, 0.2) is 0 Å². The number of alkyl carbamates (subject to hydrolysis) is 1. The smallest absolute Gasteiger partial charge is 0.408 e. The van der Waals surface area contributed by atoms with Crippen LogP contribution in [0, 0.1) is 0 Å². The number of thioether (sulfide) groups is 1. The van der Waals surface area contributed by atoms with Crippen molar-refractivity contribution in [1.29, 1.82) is 0 Å². The number of benzene rings is 1. The van der Waals surface area contributed by atoms with Gasteiger partial charge < -0.3 is 20.3 Å². The van der Waals surface area contributed by atoms with Crippen molar-refractivity contribution in [2.24, 2.45) is 0 Å². The molecule has 0 radical (unpaired) electrons. The summed E-state index contributed by atoms with van der Waals surface area (Å²) in [6, 6.07) is 7.74. The lowest BCUT2D eigenvalue weighted by Crippen LogP contribution is -2.53. The van der Waals surface area contributed by atoms with Crippen LogP contribution in [0.5, 0.6) is 0 Å². The normalized spacial score (nSPS) is 13.1.